The normalized spacial score (nSPS) is 10.5. The average molecular weight is 350 g/mol. The number of nitrogens with one attached hydrogen (secondary N) is 1. The zero-order chi connectivity index (χ0) is 18.7. The molecule has 0 bridgehead atoms. The number of hydrogen-bond donors (Lipinski definition) is 3. The minimum absolute atomic E-state index is 0.0701. The van der Waals surface area contributed by atoms with E-state index in [-0.39, 0.29) is 11.4 Å². The SMILES string of the molecule is CCc1ccc(NC(=O)c2cc(-c3ccc(N)c(N)n3)ccc2F)cc1. The van der Waals surface area contributed by atoms with Gasteiger partial charge in [0.2, 0.25) is 0 Å². The summed E-state index contributed by atoms with van der Waals surface area (Å²) in [5, 5.41) is 2.71. The lowest BCUT2D eigenvalue weighted by molar-refractivity contribution is 0.102. The standard InChI is InChI=1S/C20H19FN4O/c1-2-12-3-6-14(7-4-12)24-20(26)15-11-13(5-8-16(15)21)18-10-9-17(22)19(23)25-18/h3-11H,2,22H2,1H3,(H2,23,25)(H,24,26). The number of rotatable bonds is 4. The second-order valence-corrected chi connectivity index (χ2v) is 5.87. The number of amides is 1. The van der Waals surface area contributed by atoms with Crippen LogP contribution in [0.15, 0.2) is 54.6 Å². The van der Waals surface area contributed by atoms with Crippen LogP contribution in [-0.4, -0.2) is 10.9 Å². The zero-order valence-corrected chi connectivity index (χ0v) is 14.3. The van der Waals surface area contributed by atoms with Crippen LogP contribution in [0, 0.1) is 5.82 Å². The number of nitrogen functional groups attached to an aromatic ring is 2. The topological polar surface area (TPSA) is 94.0 Å². The third kappa shape index (κ3) is 3.64. The molecule has 0 unspecified atom stereocenters. The Morgan fingerprint density at radius 1 is 1.08 bits per heavy atom. The van der Waals surface area contributed by atoms with Gasteiger partial charge in [-0.1, -0.05) is 19.1 Å². The minimum atomic E-state index is -0.611. The van der Waals surface area contributed by atoms with Crippen molar-refractivity contribution in [1.82, 2.24) is 4.98 Å². The Morgan fingerprint density at radius 3 is 2.46 bits per heavy atom. The number of nitrogens with zero attached hydrogens (tertiary/aromatic N) is 1. The Kier molecular flexibility index (Phi) is 4.84. The number of halogens is 1. The highest BCUT2D eigenvalue weighted by Gasteiger charge is 2.14. The van der Waals surface area contributed by atoms with E-state index in [1.807, 2.05) is 19.1 Å². The summed E-state index contributed by atoms with van der Waals surface area (Å²) in [5.41, 5.74) is 14.5. The van der Waals surface area contributed by atoms with Crippen molar-refractivity contribution >= 4 is 23.1 Å². The van der Waals surface area contributed by atoms with Crippen LogP contribution < -0.4 is 16.8 Å². The highest BCUT2D eigenvalue weighted by atomic mass is 19.1. The van der Waals surface area contributed by atoms with Crippen LogP contribution in [0.3, 0.4) is 0 Å². The molecule has 0 saturated carbocycles. The van der Waals surface area contributed by atoms with E-state index < -0.39 is 11.7 Å². The fraction of sp³-hybridized carbons (Fsp3) is 0.100. The number of aromatic nitrogens is 1. The number of anilines is 3. The molecule has 1 aromatic heterocycles. The summed E-state index contributed by atoms with van der Waals surface area (Å²) in [6, 6.07) is 14.9. The Hall–Kier alpha value is -3.41. The zero-order valence-electron chi connectivity index (χ0n) is 14.3. The van der Waals surface area contributed by atoms with E-state index in [0.717, 1.165) is 12.0 Å². The third-order valence-corrected chi connectivity index (χ3v) is 4.08. The molecule has 0 spiro atoms. The molecule has 0 aliphatic carbocycles. The number of nitrogens with two attached hydrogens (primary N) is 2. The van der Waals surface area contributed by atoms with Crippen molar-refractivity contribution in [3.05, 3.63) is 71.5 Å². The van der Waals surface area contributed by atoms with Crippen LogP contribution in [-0.2, 0) is 6.42 Å². The fourth-order valence-corrected chi connectivity index (χ4v) is 2.53. The van der Waals surface area contributed by atoms with Gasteiger partial charge in [-0.05, 0) is 54.4 Å². The van der Waals surface area contributed by atoms with E-state index in [4.69, 9.17) is 11.5 Å². The van der Waals surface area contributed by atoms with E-state index in [0.29, 0.717) is 22.6 Å². The molecule has 0 aliphatic rings. The van der Waals surface area contributed by atoms with Gasteiger partial charge < -0.3 is 16.8 Å². The molecule has 5 nitrogen and oxygen atoms in total. The lowest BCUT2D eigenvalue weighted by Crippen LogP contribution is -2.14. The van der Waals surface area contributed by atoms with Crippen LogP contribution in [0.5, 0.6) is 0 Å². The molecule has 0 fully saturated rings. The summed E-state index contributed by atoms with van der Waals surface area (Å²) >= 11 is 0. The molecule has 1 amide bonds. The molecule has 2 aromatic carbocycles. The summed E-state index contributed by atoms with van der Waals surface area (Å²) < 4.78 is 14.2. The van der Waals surface area contributed by atoms with E-state index in [9.17, 15) is 9.18 Å². The highest BCUT2D eigenvalue weighted by Crippen LogP contribution is 2.24. The molecule has 3 aromatic rings. The molecule has 0 radical (unpaired) electrons. The third-order valence-electron chi connectivity index (χ3n) is 4.08. The predicted octanol–water partition coefficient (Wildman–Crippen LogP) is 3.87. The van der Waals surface area contributed by atoms with Gasteiger partial charge in [0, 0.05) is 11.3 Å². The van der Waals surface area contributed by atoms with Gasteiger partial charge in [-0.3, -0.25) is 4.79 Å². The van der Waals surface area contributed by atoms with E-state index in [1.54, 1.807) is 30.3 Å². The van der Waals surface area contributed by atoms with Crippen molar-refractivity contribution in [3.63, 3.8) is 0 Å². The Morgan fingerprint density at radius 2 is 1.81 bits per heavy atom. The Bertz CT molecular complexity index is 955. The van der Waals surface area contributed by atoms with Crippen molar-refractivity contribution in [1.29, 1.82) is 0 Å². The maximum absolute atomic E-state index is 14.2. The van der Waals surface area contributed by atoms with Crippen LogP contribution in [0.25, 0.3) is 11.3 Å². The molecule has 5 N–H and O–H groups in total. The lowest BCUT2D eigenvalue weighted by atomic mass is 10.1. The second kappa shape index (κ2) is 7.23. The predicted molar refractivity (Wildman–Crippen MR) is 102 cm³/mol. The second-order valence-electron chi connectivity index (χ2n) is 5.87. The van der Waals surface area contributed by atoms with Gasteiger partial charge in [0.25, 0.3) is 5.91 Å². The first-order valence-corrected chi connectivity index (χ1v) is 8.20. The van der Waals surface area contributed by atoms with Crippen LogP contribution in [0.4, 0.5) is 21.6 Å². The molecule has 1 heterocycles. The number of carbonyl (C=O) groups is 1. The monoisotopic (exact) mass is 350 g/mol. The molecule has 0 saturated heterocycles. The number of benzene rings is 2. The van der Waals surface area contributed by atoms with Crippen LogP contribution >= 0.6 is 0 Å². The van der Waals surface area contributed by atoms with Crippen molar-refractivity contribution < 1.29 is 9.18 Å². The molecular weight excluding hydrogens is 331 g/mol. The van der Waals surface area contributed by atoms with Crippen molar-refractivity contribution in [3.8, 4) is 11.3 Å². The number of aryl methyl sites for hydroxylation is 1. The first kappa shape index (κ1) is 17.4. The van der Waals surface area contributed by atoms with Crippen molar-refractivity contribution in [2.75, 3.05) is 16.8 Å². The molecule has 132 valence electrons. The molecular formula is C20H19FN4O. The molecule has 0 aliphatic heterocycles. The van der Waals surface area contributed by atoms with E-state index in [2.05, 4.69) is 10.3 Å². The molecule has 6 heteroatoms. The van der Waals surface area contributed by atoms with Gasteiger partial charge in [0.15, 0.2) is 0 Å². The summed E-state index contributed by atoms with van der Waals surface area (Å²) in [4.78, 5) is 16.7. The van der Waals surface area contributed by atoms with Gasteiger partial charge in [0.05, 0.1) is 16.9 Å². The van der Waals surface area contributed by atoms with Gasteiger partial charge in [-0.15, -0.1) is 0 Å². The summed E-state index contributed by atoms with van der Waals surface area (Å²) in [5.74, 6) is -0.953. The van der Waals surface area contributed by atoms with Gasteiger partial charge in [-0.2, -0.15) is 0 Å². The average Bonchev–Trinajstić information content (AvgIpc) is 2.65. The van der Waals surface area contributed by atoms with Crippen molar-refractivity contribution in [2.24, 2.45) is 0 Å². The maximum atomic E-state index is 14.2. The summed E-state index contributed by atoms with van der Waals surface area (Å²) in [7, 11) is 0. The number of hydrogen-bond acceptors (Lipinski definition) is 4. The number of pyridine rings is 1. The van der Waals surface area contributed by atoms with E-state index in [1.165, 1.54) is 12.1 Å². The van der Waals surface area contributed by atoms with Gasteiger partial charge in [-0.25, -0.2) is 9.37 Å². The minimum Gasteiger partial charge on any atom is -0.396 e. The summed E-state index contributed by atoms with van der Waals surface area (Å²) in [6.45, 7) is 2.05. The lowest BCUT2D eigenvalue weighted by Gasteiger charge is -2.09. The Balaban J connectivity index is 1.88. The number of carbonyl (C=O) groups excluding carboxylic acids is 1. The maximum Gasteiger partial charge on any atom is 0.258 e. The molecule has 0 atom stereocenters. The van der Waals surface area contributed by atoms with Gasteiger partial charge in [0.1, 0.15) is 11.6 Å². The quantitative estimate of drug-likeness (QED) is 0.666. The Labute approximate surface area is 150 Å². The largest absolute Gasteiger partial charge is 0.396 e. The fourth-order valence-electron chi connectivity index (χ4n) is 2.53. The smallest absolute Gasteiger partial charge is 0.258 e. The van der Waals surface area contributed by atoms with Crippen molar-refractivity contribution in [2.45, 2.75) is 13.3 Å². The first-order valence-electron chi connectivity index (χ1n) is 8.20. The first-order chi connectivity index (χ1) is 12.5. The molecule has 3 rings (SSSR count). The van der Waals surface area contributed by atoms with E-state index >= 15 is 0 Å². The van der Waals surface area contributed by atoms with Crippen LogP contribution in [0.1, 0.15) is 22.8 Å². The molecule has 26 heavy (non-hydrogen) atoms. The highest BCUT2D eigenvalue weighted by molar-refractivity contribution is 6.05. The summed E-state index contributed by atoms with van der Waals surface area (Å²) in [6.07, 6.45) is 0.905. The van der Waals surface area contributed by atoms with Crippen LogP contribution in [0.2, 0.25) is 0 Å². The van der Waals surface area contributed by atoms with Gasteiger partial charge >= 0.3 is 0 Å².